The fraction of sp³-hybridized carbons (Fsp3) is 0.167. The van der Waals surface area contributed by atoms with Crippen molar-refractivity contribution in [3.05, 3.63) is 35.8 Å². The zero-order valence-corrected chi connectivity index (χ0v) is 9.36. The molecule has 82 valence electrons. The summed E-state index contributed by atoms with van der Waals surface area (Å²) < 4.78 is 2.02. The lowest BCUT2D eigenvalue weighted by atomic mass is 10.2. The first-order chi connectivity index (χ1) is 7.67. The Balaban J connectivity index is 2.68. The topological polar surface area (TPSA) is 67.7 Å². The van der Waals surface area contributed by atoms with Crippen molar-refractivity contribution >= 4 is 22.8 Å². The Bertz CT molecular complexity index is 578. The van der Waals surface area contributed by atoms with Crippen molar-refractivity contribution in [3.63, 3.8) is 0 Å². The van der Waals surface area contributed by atoms with Crippen molar-refractivity contribution in [1.82, 2.24) is 9.55 Å². The van der Waals surface area contributed by atoms with Crippen molar-refractivity contribution in [2.24, 2.45) is 12.8 Å². The molecule has 0 spiro atoms. The average Bonchev–Trinajstić information content (AvgIpc) is 2.57. The van der Waals surface area contributed by atoms with Crippen LogP contribution in [0.15, 0.2) is 24.4 Å². The van der Waals surface area contributed by atoms with E-state index in [1.54, 1.807) is 0 Å². The van der Waals surface area contributed by atoms with Crippen molar-refractivity contribution in [1.29, 1.82) is 5.41 Å². The van der Waals surface area contributed by atoms with Crippen LogP contribution in [0.3, 0.4) is 0 Å². The number of aryl methyl sites for hydroxylation is 2. The standard InChI is InChI=1S/C12H14N4/c1-8-5-9-3-4-11(10(6-13)7-14)15-12(9)16(8)2/h3-7,13H,14H2,1-2H3. The lowest BCUT2D eigenvalue weighted by Gasteiger charge is -2.02. The Morgan fingerprint density at radius 2 is 2.25 bits per heavy atom. The maximum absolute atomic E-state index is 7.24. The molecule has 0 saturated heterocycles. The highest BCUT2D eigenvalue weighted by atomic mass is 15.0. The molecule has 0 unspecified atom stereocenters. The third-order valence-electron chi connectivity index (χ3n) is 2.75. The van der Waals surface area contributed by atoms with Crippen LogP contribution >= 0.6 is 0 Å². The third-order valence-corrected chi connectivity index (χ3v) is 2.75. The number of pyridine rings is 1. The van der Waals surface area contributed by atoms with E-state index >= 15 is 0 Å². The van der Waals surface area contributed by atoms with Gasteiger partial charge < -0.3 is 15.7 Å². The molecule has 0 aliphatic heterocycles. The fourth-order valence-electron chi connectivity index (χ4n) is 1.70. The van der Waals surface area contributed by atoms with E-state index in [9.17, 15) is 0 Å². The van der Waals surface area contributed by atoms with Gasteiger partial charge in [0, 0.05) is 36.1 Å². The van der Waals surface area contributed by atoms with Crippen LogP contribution in [0.1, 0.15) is 11.4 Å². The SMILES string of the molecule is Cc1cc2ccc(C(C=N)=CN)nc2n1C. The molecule has 2 rings (SSSR count). The largest absolute Gasteiger partial charge is 0.404 e. The van der Waals surface area contributed by atoms with Crippen molar-refractivity contribution < 1.29 is 0 Å². The van der Waals surface area contributed by atoms with Crippen LogP contribution in [0, 0.1) is 12.3 Å². The molecule has 0 aliphatic carbocycles. The number of nitrogens with zero attached hydrogens (tertiary/aromatic N) is 2. The molecule has 0 bridgehead atoms. The summed E-state index contributed by atoms with van der Waals surface area (Å²) in [6.45, 7) is 2.04. The molecule has 2 heterocycles. The molecule has 0 aromatic carbocycles. The summed E-state index contributed by atoms with van der Waals surface area (Å²) in [5.74, 6) is 0. The quantitative estimate of drug-likeness (QED) is 0.749. The highest BCUT2D eigenvalue weighted by molar-refractivity contribution is 6.07. The van der Waals surface area contributed by atoms with E-state index in [-0.39, 0.29) is 0 Å². The Morgan fingerprint density at radius 3 is 2.88 bits per heavy atom. The van der Waals surface area contributed by atoms with Crippen molar-refractivity contribution in [2.75, 3.05) is 0 Å². The summed E-state index contributed by atoms with van der Waals surface area (Å²) in [5, 5.41) is 8.35. The van der Waals surface area contributed by atoms with Gasteiger partial charge >= 0.3 is 0 Å². The second-order valence-electron chi connectivity index (χ2n) is 3.72. The maximum atomic E-state index is 7.24. The number of hydrogen-bond donors (Lipinski definition) is 2. The van der Waals surface area contributed by atoms with E-state index in [1.165, 1.54) is 12.4 Å². The summed E-state index contributed by atoms with van der Waals surface area (Å²) >= 11 is 0. The highest BCUT2D eigenvalue weighted by Crippen LogP contribution is 2.19. The second-order valence-corrected chi connectivity index (χ2v) is 3.72. The molecule has 0 amide bonds. The number of rotatable bonds is 2. The van der Waals surface area contributed by atoms with E-state index in [2.05, 4.69) is 11.1 Å². The van der Waals surface area contributed by atoms with Crippen molar-refractivity contribution in [2.45, 2.75) is 6.92 Å². The van der Waals surface area contributed by atoms with Gasteiger partial charge in [-0.05, 0) is 25.1 Å². The molecule has 0 saturated carbocycles. The van der Waals surface area contributed by atoms with Gasteiger partial charge in [0.1, 0.15) is 5.65 Å². The molecular weight excluding hydrogens is 200 g/mol. The van der Waals surface area contributed by atoms with Gasteiger partial charge in [0.15, 0.2) is 0 Å². The smallest absolute Gasteiger partial charge is 0.140 e. The minimum Gasteiger partial charge on any atom is -0.404 e. The van der Waals surface area contributed by atoms with Crippen LogP contribution in [0.4, 0.5) is 0 Å². The summed E-state index contributed by atoms with van der Waals surface area (Å²) in [6.07, 6.45) is 2.61. The van der Waals surface area contributed by atoms with E-state index in [1.807, 2.05) is 30.7 Å². The van der Waals surface area contributed by atoms with Crippen LogP contribution in [0.2, 0.25) is 0 Å². The van der Waals surface area contributed by atoms with Gasteiger partial charge in [0.05, 0.1) is 5.69 Å². The Labute approximate surface area is 93.9 Å². The molecule has 0 fully saturated rings. The minimum atomic E-state index is 0.626. The molecule has 0 radical (unpaired) electrons. The summed E-state index contributed by atoms with van der Waals surface area (Å²) in [6, 6.07) is 5.96. The Kier molecular flexibility index (Phi) is 2.48. The van der Waals surface area contributed by atoms with Crippen LogP contribution in [-0.2, 0) is 7.05 Å². The van der Waals surface area contributed by atoms with Gasteiger partial charge in [0.25, 0.3) is 0 Å². The van der Waals surface area contributed by atoms with Gasteiger partial charge in [-0.25, -0.2) is 4.98 Å². The van der Waals surface area contributed by atoms with Gasteiger partial charge in [-0.3, -0.25) is 0 Å². The van der Waals surface area contributed by atoms with Crippen LogP contribution in [0.25, 0.3) is 16.6 Å². The average molecular weight is 214 g/mol. The van der Waals surface area contributed by atoms with Crippen LogP contribution in [-0.4, -0.2) is 15.8 Å². The molecule has 2 aromatic rings. The summed E-state index contributed by atoms with van der Waals surface area (Å²) in [5.41, 5.74) is 8.87. The van der Waals surface area contributed by atoms with Gasteiger partial charge in [-0.1, -0.05) is 0 Å². The predicted octanol–water partition coefficient (Wildman–Crippen LogP) is 1.83. The summed E-state index contributed by atoms with van der Waals surface area (Å²) in [4.78, 5) is 4.50. The number of aromatic nitrogens is 2. The van der Waals surface area contributed by atoms with Crippen LogP contribution in [0.5, 0.6) is 0 Å². The van der Waals surface area contributed by atoms with E-state index < -0.39 is 0 Å². The zero-order valence-electron chi connectivity index (χ0n) is 9.36. The predicted molar refractivity (Wildman–Crippen MR) is 66.4 cm³/mol. The minimum absolute atomic E-state index is 0.626. The lowest BCUT2D eigenvalue weighted by molar-refractivity contribution is 0.901. The monoisotopic (exact) mass is 214 g/mol. The van der Waals surface area contributed by atoms with Gasteiger partial charge in [-0.2, -0.15) is 0 Å². The molecule has 0 aliphatic rings. The highest BCUT2D eigenvalue weighted by Gasteiger charge is 2.06. The maximum Gasteiger partial charge on any atom is 0.140 e. The van der Waals surface area contributed by atoms with E-state index in [0.717, 1.165) is 22.4 Å². The first-order valence-electron chi connectivity index (χ1n) is 5.03. The summed E-state index contributed by atoms with van der Waals surface area (Å²) in [7, 11) is 1.98. The first-order valence-corrected chi connectivity index (χ1v) is 5.03. The molecule has 0 atom stereocenters. The number of nitrogens with two attached hydrogens (primary N) is 1. The second kappa shape index (κ2) is 3.81. The Morgan fingerprint density at radius 1 is 1.50 bits per heavy atom. The lowest BCUT2D eigenvalue weighted by Crippen LogP contribution is -1.97. The van der Waals surface area contributed by atoms with Gasteiger partial charge in [0.2, 0.25) is 0 Å². The van der Waals surface area contributed by atoms with Crippen LogP contribution < -0.4 is 5.73 Å². The molecule has 4 nitrogen and oxygen atoms in total. The van der Waals surface area contributed by atoms with Gasteiger partial charge in [-0.15, -0.1) is 0 Å². The molecule has 2 aromatic heterocycles. The van der Waals surface area contributed by atoms with E-state index in [0.29, 0.717) is 5.57 Å². The zero-order chi connectivity index (χ0) is 11.7. The Hall–Kier alpha value is -2.10. The number of nitrogens with one attached hydrogen (secondary N) is 1. The normalized spacial score (nSPS) is 12.0. The number of allylic oxidation sites excluding steroid dienone is 1. The number of fused-ring (bicyclic) bond motifs is 1. The molecular formula is C12H14N4. The van der Waals surface area contributed by atoms with Crippen molar-refractivity contribution in [3.8, 4) is 0 Å². The molecule has 16 heavy (non-hydrogen) atoms. The number of hydrogen-bond acceptors (Lipinski definition) is 3. The molecule has 4 heteroatoms. The van der Waals surface area contributed by atoms with E-state index in [4.69, 9.17) is 11.1 Å². The first kappa shape index (κ1) is 10.4. The fourth-order valence-corrected chi connectivity index (χ4v) is 1.70. The molecule has 3 N–H and O–H groups in total. The third kappa shape index (κ3) is 1.48.